The van der Waals surface area contributed by atoms with Crippen molar-refractivity contribution in [2.75, 3.05) is 13.7 Å². The fourth-order valence-corrected chi connectivity index (χ4v) is 2.83. The Hall–Kier alpha value is -1.13. The highest BCUT2D eigenvalue weighted by molar-refractivity contribution is 5.28. The van der Waals surface area contributed by atoms with Crippen LogP contribution in [0.5, 0.6) is 5.75 Å². The molecule has 1 saturated carbocycles. The van der Waals surface area contributed by atoms with E-state index < -0.39 is 0 Å². The van der Waals surface area contributed by atoms with Crippen molar-refractivity contribution in [1.29, 1.82) is 0 Å². The number of nitrogens with zero attached hydrogens (tertiary/aromatic N) is 1. The molecule has 1 atom stereocenters. The summed E-state index contributed by atoms with van der Waals surface area (Å²) in [7, 11) is 1.64. The van der Waals surface area contributed by atoms with E-state index in [4.69, 9.17) is 15.2 Å². The van der Waals surface area contributed by atoms with Crippen LogP contribution in [0.4, 0.5) is 0 Å². The first-order chi connectivity index (χ1) is 8.72. The molecule has 4 heteroatoms. The Kier molecular flexibility index (Phi) is 4.19. The lowest BCUT2D eigenvalue weighted by Crippen LogP contribution is -2.41. The van der Waals surface area contributed by atoms with E-state index in [9.17, 15) is 0 Å². The molecule has 1 unspecified atom stereocenters. The van der Waals surface area contributed by atoms with Crippen LogP contribution in [0.25, 0.3) is 0 Å². The van der Waals surface area contributed by atoms with Crippen LogP contribution in [0.3, 0.4) is 0 Å². The summed E-state index contributed by atoms with van der Waals surface area (Å²) in [6, 6.07) is 1.82. The SMILES string of the molecule is CCOC1(C(N)c2cncc(OC)c2)CCCC1. The summed E-state index contributed by atoms with van der Waals surface area (Å²) in [5.41, 5.74) is 7.20. The summed E-state index contributed by atoms with van der Waals surface area (Å²) >= 11 is 0. The lowest BCUT2D eigenvalue weighted by atomic mass is 9.88. The second-order valence-electron chi connectivity index (χ2n) is 4.84. The largest absolute Gasteiger partial charge is 0.495 e. The first-order valence-electron chi connectivity index (χ1n) is 6.60. The van der Waals surface area contributed by atoms with Gasteiger partial charge in [-0.15, -0.1) is 0 Å². The molecular weight excluding hydrogens is 228 g/mol. The number of hydrogen-bond acceptors (Lipinski definition) is 4. The highest BCUT2D eigenvalue weighted by Crippen LogP contribution is 2.41. The van der Waals surface area contributed by atoms with Crippen molar-refractivity contribution in [3.05, 3.63) is 24.0 Å². The Morgan fingerprint density at radius 1 is 1.39 bits per heavy atom. The van der Waals surface area contributed by atoms with E-state index in [0.717, 1.165) is 24.2 Å². The molecule has 18 heavy (non-hydrogen) atoms. The maximum atomic E-state index is 6.42. The predicted octanol–water partition coefficient (Wildman–Crippen LogP) is 2.44. The molecule has 0 radical (unpaired) electrons. The highest BCUT2D eigenvalue weighted by Gasteiger charge is 2.41. The Balaban J connectivity index is 2.24. The van der Waals surface area contributed by atoms with Gasteiger partial charge < -0.3 is 15.2 Å². The van der Waals surface area contributed by atoms with Crippen LogP contribution in [0, 0.1) is 0 Å². The van der Waals surface area contributed by atoms with Crippen molar-refractivity contribution in [3.8, 4) is 5.75 Å². The second-order valence-corrected chi connectivity index (χ2v) is 4.84. The minimum Gasteiger partial charge on any atom is -0.495 e. The van der Waals surface area contributed by atoms with Crippen molar-refractivity contribution in [2.45, 2.75) is 44.2 Å². The second kappa shape index (κ2) is 5.67. The zero-order valence-corrected chi connectivity index (χ0v) is 11.2. The Morgan fingerprint density at radius 3 is 2.72 bits per heavy atom. The van der Waals surface area contributed by atoms with E-state index in [0.29, 0.717) is 6.61 Å². The maximum Gasteiger partial charge on any atom is 0.137 e. The first-order valence-corrected chi connectivity index (χ1v) is 6.60. The normalized spacial score (nSPS) is 19.7. The highest BCUT2D eigenvalue weighted by atomic mass is 16.5. The van der Waals surface area contributed by atoms with Crippen LogP contribution in [0.15, 0.2) is 18.5 Å². The number of rotatable bonds is 5. The molecule has 0 aromatic carbocycles. The van der Waals surface area contributed by atoms with E-state index in [-0.39, 0.29) is 11.6 Å². The summed E-state index contributed by atoms with van der Waals surface area (Å²) in [6.45, 7) is 2.72. The van der Waals surface area contributed by atoms with Gasteiger partial charge in [-0.1, -0.05) is 12.8 Å². The molecule has 0 saturated heterocycles. The summed E-state index contributed by atoms with van der Waals surface area (Å²) in [6.07, 6.45) is 7.93. The van der Waals surface area contributed by atoms with Gasteiger partial charge in [-0.3, -0.25) is 4.98 Å². The lowest BCUT2D eigenvalue weighted by Gasteiger charge is -2.35. The smallest absolute Gasteiger partial charge is 0.137 e. The Labute approximate surface area is 108 Å². The van der Waals surface area contributed by atoms with Gasteiger partial charge in [0, 0.05) is 12.8 Å². The summed E-state index contributed by atoms with van der Waals surface area (Å²) in [5, 5.41) is 0. The van der Waals surface area contributed by atoms with Crippen LogP contribution < -0.4 is 10.5 Å². The van der Waals surface area contributed by atoms with Crippen molar-refractivity contribution in [1.82, 2.24) is 4.98 Å². The third kappa shape index (κ3) is 2.49. The zero-order chi connectivity index (χ0) is 13.0. The topological polar surface area (TPSA) is 57.4 Å². The third-order valence-electron chi connectivity index (χ3n) is 3.78. The van der Waals surface area contributed by atoms with E-state index in [1.807, 2.05) is 19.2 Å². The third-order valence-corrected chi connectivity index (χ3v) is 3.78. The van der Waals surface area contributed by atoms with E-state index >= 15 is 0 Å². The zero-order valence-electron chi connectivity index (χ0n) is 11.2. The molecule has 1 aliphatic carbocycles. The van der Waals surface area contributed by atoms with Gasteiger partial charge in [0.25, 0.3) is 0 Å². The van der Waals surface area contributed by atoms with Crippen molar-refractivity contribution in [3.63, 3.8) is 0 Å². The monoisotopic (exact) mass is 250 g/mol. The number of aromatic nitrogens is 1. The Morgan fingerprint density at radius 2 is 2.11 bits per heavy atom. The van der Waals surface area contributed by atoms with Crippen molar-refractivity contribution >= 4 is 0 Å². The molecule has 2 N–H and O–H groups in total. The number of hydrogen-bond donors (Lipinski definition) is 1. The minimum atomic E-state index is -0.219. The van der Waals surface area contributed by atoms with Gasteiger partial charge in [0.05, 0.1) is 24.9 Å². The average molecular weight is 250 g/mol. The first kappa shape index (κ1) is 13.3. The van der Waals surface area contributed by atoms with Gasteiger partial charge in [0.2, 0.25) is 0 Å². The molecule has 1 aromatic heterocycles. The minimum absolute atomic E-state index is 0.137. The van der Waals surface area contributed by atoms with Crippen LogP contribution in [-0.4, -0.2) is 24.3 Å². The summed E-state index contributed by atoms with van der Waals surface area (Å²) in [5.74, 6) is 0.743. The number of methoxy groups -OCH3 is 1. The molecule has 100 valence electrons. The van der Waals surface area contributed by atoms with Gasteiger partial charge in [-0.2, -0.15) is 0 Å². The molecule has 2 rings (SSSR count). The van der Waals surface area contributed by atoms with E-state index in [1.165, 1.54) is 12.8 Å². The van der Waals surface area contributed by atoms with E-state index in [2.05, 4.69) is 4.98 Å². The molecule has 0 bridgehead atoms. The standard InChI is InChI=1S/C14H22N2O2/c1-3-18-14(6-4-5-7-14)13(15)11-8-12(17-2)10-16-9-11/h8-10,13H,3-7,15H2,1-2H3. The van der Waals surface area contributed by atoms with Gasteiger partial charge in [-0.25, -0.2) is 0 Å². The van der Waals surface area contributed by atoms with Crippen molar-refractivity contribution < 1.29 is 9.47 Å². The number of nitrogens with two attached hydrogens (primary N) is 1. The summed E-state index contributed by atoms with van der Waals surface area (Å²) in [4.78, 5) is 4.18. The number of pyridine rings is 1. The Bertz CT molecular complexity index is 389. The predicted molar refractivity (Wildman–Crippen MR) is 70.5 cm³/mol. The van der Waals surface area contributed by atoms with Gasteiger partial charge in [-0.05, 0) is 31.4 Å². The molecule has 0 spiro atoms. The molecule has 4 nitrogen and oxygen atoms in total. The number of ether oxygens (including phenoxy) is 2. The van der Waals surface area contributed by atoms with Gasteiger partial charge in [0.1, 0.15) is 5.75 Å². The molecule has 0 amide bonds. The molecular formula is C14H22N2O2. The van der Waals surface area contributed by atoms with Gasteiger partial charge >= 0.3 is 0 Å². The molecule has 1 fully saturated rings. The van der Waals surface area contributed by atoms with Crippen LogP contribution in [0.2, 0.25) is 0 Å². The van der Waals surface area contributed by atoms with Crippen LogP contribution in [0.1, 0.15) is 44.2 Å². The molecule has 0 aliphatic heterocycles. The van der Waals surface area contributed by atoms with Crippen LogP contribution >= 0.6 is 0 Å². The quantitative estimate of drug-likeness (QED) is 0.872. The fraction of sp³-hybridized carbons (Fsp3) is 0.643. The fourth-order valence-electron chi connectivity index (χ4n) is 2.83. The maximum absolute atomic E-state index is 6.42. The van der Waals surface area contributed by atoms with Crippen LogP contribution in [-0.2, 0) is 4.74 Å². The molecule has 1 aromatic rings. The molecule has 1 aliphatic rings. The molecule has 1 heterocycles. The van der Waals surface area contributed by atoms with Gasteiger partial charge in [0.15, 0.2) is 0 Å². The average Bonchev–Trinajstić information content (AvgIpc) is 2.88. The summed E-state index contributed by atoms with van der Waals surface area (Å²) < 4.78 is 11.2. The lowest BCUT2D eigenvalue weighted by molar-refractivity contribution is -0.0537. The van der Waals surface area contributed by atoms with E-state index in [1.54, 1.807) is 13.3 Å². The van der Waals surface area contributed by atoms with Crippen molar-refractivity contribution in [2.24, 2.45) is 5.73 Å².